The molecular formula is C11H11F3N2O2. The van der Waals surface area contributed by atoms with Gasteiger partial charge in [-0.2, -0.15) is 13.2 Å². The Morgan fingerprint density at radius 2 is 2.11 bits per heavy atom. The lowest BCUT2D eigenvalue weighted by Gasteiger charge is -2.17. The number of carbonyl (C=O) groups is 1. The summed E-state index contributed by atoms with van der Waals surface area (Å²) in [5.41, 5.74) is -0.766. The molecule has 1 aromatic carbocycles. The number of methoxy groups -OCH3 is 1. The zero-order valence-corrected chi connectivity index (χ0v) is 9.47. The number of benzene rings is 1. The number of ether oxygens (including phenoxy) is 1. The van der Waals surface area contributed by atoms with Gasteiger partial charge in [-0.3, -0.25) is 0 Å². The van der Waals surface area contributed by atoms with Gasteiger partial charge in [-0.15, -0.1) is 0 Å². The van der Waals surface area contributed by atoms with Crippen molar-refractivity contribution in [1.82, 2.24) is 10.6 Å². The van der Waals surface area contributed by atoms with Crippen LogP contribution in [0.1, 0.15) is 17.2 Å². The highest BCUT2D eigenvalue weighted by Gasteiger charge is 2.37. The average Bonchev–Trinajstić information content (AvgIpc) is 2.74. The van der Waals surface area contributed by atoms with E-state index in [0.29, 0.717) is 0 Å². The van der Waals surface area contributed by atoms with Crippen molar-refractivity contribution in [3.63, 3.8) is 0 Å². The molecule has 1 aromatic rings. The fourth-order valence-electron chi connectivity index (χ4n) is 1.85. The Balaban J connectivity index is 2.43. The van der Waals surface area contributed by atoms with E-state index in [1.54, 1.807) is 0 Å². The largest absolute Gasteiger partial charge is 0.497 e. The first-order valence-corrected chi connectivity index (χ1v) is 5.21. The van der Waals surface area contributed by atoms with Crippen LogP contribution < -0.4 is 15.4 Å². The molecule has 0 bridgehead atoms. The molecule has 1 fully saturated rings. The molecule has 4 nitrogen and oxygen atoms in total. The molecule has 7 heteroatoms. The van der Waals surface area contributed by atoms with Crippen molar-refractivity contribution in [2.75, 3.05) is 13.7 Å². The summed E-state index contributed by atoms with van der Waals surface area (Å²) >= 11 is 0. The maximum Gasteiger partial charge on any atom is 0.416 e. The molecule has 0 saturated carbocycles. The maximum atomic E-state index is 12.9. The first-order chi connectivity index (χ1) is 8.41. The first kappa shape index (κ1) is 12.5. The number of nitrogens with one attached hydrogen (secondary N) is 2. The molecule has 0 aromatic heterocycles. The predicted octanol–water partition coefficient (Wildman–Crippen LogP) is 2.07. The van der Waals surface area contributed by atoms with Crippen LogP contribution >= 0.6 is 0 Å². The van der Waals surface area contributed by atoms with E-state index in [1.165, 1.54) is 19.2 Å². The highest BCUT2D eigenvalue weighted by Crippen LogP contribution is 2.37. The van der Waals surface area contributed by atoms with Gasteiger partial charge in [0.05, 0.1) is 18.7 Å². The molecule has 1 heterocycles. The number of hydrogen-bond acceptors (Lipinski definition) is 2. The van der Waals surface area contributed by atoms with E-state index in [4.69, 9.17) is 4.74 Å². The second-order valence-corrected chi connectivity index (χ2v) is 3.86. The minimum Gasteiger partial charge on any atom is -0.497 e. The van der Waals surface area contributed by atoms with E-state index in [-0.39, 0.29) is 17.9 Å². The van der Waals surface area contributed by atoms with Crippen LogP contribution in [0, 0.1) is 0 Å². The highest BCUT2D eigenvalue weighted by molar-refractivity contribution is 5.77. The number of amides is 2. The summed E-state index contributed by atoms with van der Waals surface area (Å²) in [6, 6.07) is 2.54. The molecule has 0 aliphatic carbocycles. The minimum atomic E-state index is -4.49. The number of carbonyl (C=O) groups excluding carboxylic acids is 1. The van der Waals surface area contributed by atoms with Crippen LogP contribution in [0.4, 0.5) is 18.0 Å². The third-order valence-corrected chi connectivity index (χ3v) is 2.71. The second kappa shape index (κ2) is 4.40. The van der Waals surface area contributed by atoms with Gasteiger partial charge in [-0.1, -0.05) is 6.07 Å². The van der Waals surface area contributed by atoms with E-state index >= 15 is 0 Å². The topological polar surface area (TPSA) is 50.4 Å². The molecule has 2 amide bonds. The first-order valence-electron chi connectivity index (χ1n) is 5.21. The third kappa shape index (κ3) is 2.34. The number of rotatable bonds is 2. The van der Waals surface area contributed by atoms with Crippen LogP contribution in [0.25, 0.3) is 0 Å². The molecular weight excluding hydrogens is 249 g/mol. The maximum absolute atomic E-state index is 12.9. The lowest BCUT2D eigenvalue weighted by atomic mass is 10.00. The zero-order valence-electron chi connectivity index (χ0n) is 9.47. The van der Waals surface area contributed by atoms with Crippen molar-refractivity contribution in [1.29, 1.82) is 0 Å². The van der Waals surface area contributed by atoms with E-state index in [2.05, 4.69) is 10.6 Å². The Labute approximate surface area is 101 Å². The molecule has 0 unspecified atom stereocenters. The summed E-state index contributed by atoms with van der Waals surface area (Å²) in [4.78, 5) is 11.0. The van der Waals surface area contributed by atoms with Crippen molar-refractivity contribution in [2.45, 2.75) is 12.2 Å². The molecule has 2 rings (SSSR count). The molecule has 0 radical (unpaired) electrons. The van der Waals surface area contributed by atoms with Gasteiger partial charge in [0.15, 0.2) is 0 Å². The third-order valence-electron chi connectivity index (χ3n) is 2.71. The van der Waals surface area contributed by atoms with Gasteiger partial charge in [0, 0.05) is 6.54 Å². The molecule has 1 aliphatic heterocycles. The smallest absolute Gasteiger partial charge is 0.416 e. The Kier molecular flexibility index (Phi) is 3.06. The summed E-state index contributed by atoms with van der Waals surface area (Å²) in [6.07, 6.45) is -4.49. The van der Waals surface area contributed by atoms with Crippen LogP contribution in [0.3, 0.4) is 0 Å². The summed E-state index contributed by atoms with van der Waals surface area (Å²) in [5.74, 6) is 0.128. The van der Waals surface area contributed by atoms with Crippen molar-refractivity contribution in [2.24, 2.45) is 0 Å². The SMILES string of the molecule is COc1ccc([C@@H]2CNC(=O)N2)c(C(F)(F)F)c1. The van der Waals surface area contributed by atoms with Crippen molar-refractivity contribution in [3.05, 3.63) is 29.3 Å². The molecule has 2 N–H and O–H groups in total. The number of hydrogen-bond donors (Lipinski definition) is 2. The number of alkyl halides is 3. The van der Waals surface area contributed by atoms with E-state index < -0.39 is 23.8 Å². The van der Waals surface area contributed by atoms with Gasteiger partial charge >= 0.3 is 12.2 Å². The molecule has 98 valence electrons. The molecule has 1 atom stereocenters. The molecule has 1 saturated heterocycles. The Morgan fingerprint density at radius 1 is 1.39 bits per heavy atom. The fourth-order valence-corrected chi connectivity index (χ4v) is 1.85. The van der Waals surface area contributed by atoms with Crippen LogP contribution in [0.15, 0.2) is 18.2 Å². The van der Waals surface area contributed by atoms with Crippen LogP contribution in [0.5, 0.6) is 5.75 Å². The quantitative estimate of drug-likeness (QED) is 0.855. The normalized spacial score (nSPS) is 19.3. The monoisotopic (exact) mass is 260 g/mol. The summed E-state index contributed by atoms with van der Waals surface area (Å²) in [7, 11) is 1.30. The van der Waals surface area contributed by atoms with Crippen molar-refractivity contribution in [3.8, 4) is 5.75 Å². The predicted molar refractivity (Wildman–Crippen MR) is 57.3 cm³/mol. The summed E-state index contributed by atoms with van der Waals surface area (Å²) in [5, 5.41) is 4.86. The summed E-state index contributed by atoms with van der Waals surface area (Å²) < 4.78 is 43.6. The minimum absolute atomic E-state index is 0.0293. The van der Waals surface area contributed by atoms with Gasteiger partial charge < -0.3 is 15.4 Å². The van der Waals surface area contributed by atoms with Gasteiger partial charge in [-0.05, 0) is 17.7 Å². The van der Waals surface area contributed by atoms with Gasteiger partial charge in [-0.25, -0.2) is 4.79 Å². The van der Waals surface area contributed by atoms with Crippen molar-refractivity contribution >= 4 is 6.03 Å². The average molecular weight is 260 g/mol. The second-order valence-electron chi connectivity index (χ2n) is 3.86. The van der Waals surface area contributed by atoms with E-state index in [0.717, 1.165) is 6.07 Å². The van der Waals surface area contributed by atoms with Crippen molar-refractivity contribution < 1.29 is 22.7 Å². The number of halogens is 3. The molecule has 1 aliphatic rings. The van der Waals surface area contributed by atoms with E-state index in [1.807, 2.05) is 0 Å². The van der Waals surface area contributed by atoms with Crippen LogP contribution in [-0.2, 0) is 6.18 Å². The molecule has 18 heavy (non-hydrogen) atoms. The number of urea groups is 1. The van der Waals surface area contributed by atoms with Gasteiger partial charge in [0.2, 0.25) is 0 Å². The van der Waals surface area contributed by atoms with Crippen LogP contribution in [0.2, 0.25) is 0 Å². The van der Waals surface area contributed by atoms with Crippen LogP contribution in [-0.4, -0.2) is 19.7 Å². The van der Waals surface area contributed by atoms with Gasteiger partial charge in [0.1, 0.15) is 5.75 Å². The Morgan fingerprint density at radius 3 is 2.61 bits per heavy atom. The standard InChI is InChI=1S/C11H11F3N2O2/c1-18-6-2-3-7(8(4-6)11(12,13)14)9-5-15-10(17)16-9/h2-4,9H,5H2,1H3,(H2,15,16,17)/t9-/m0/s1. The van der Waals surface area contributed by atoms with Gasteiger partial charge in [0.25, 0.3) is 0 Å². The highest BCUT2D eigenvalue weighted by atomic mass is 19.4. The molecule has 0 spiro atoms. The Hall–Kier alpha value is -1.92. The lowest BCUT2D eigenvalue weighted by molar-refractivity contribution is -0.138. The van der Waals surface area contributed by atoms with E-state index in [9.17, 15) is 18.0 Å². The Bertz CT molecular complexity index is 474. The zero-order chi connectivity index (χ0) is 13.3. The summed E-state index contributed by atoms with van der Waals surface area (Å²) in [6.45, 7) is 0.133. The lowest BCUT2D eigenvalue weighted by Crippen LogP contribution is -2.23. The fraction of sp³-hybridized carbons (Fsp3) is 0.364.